The van der Waals surface area contributed by atoms with Crippen LogP contribution in [0.1, 0.15) is 24.8 Å². The van der Waals surface area contributed by atoms with Crippen molar-refractivity contribution in [2.45, 2.75) is 25.9 Å². The molecular weight excluding hydrogens is 322 g/mol. The molecule has 0 saturated heterocycles. The molecule has 0 amide bonds. The van der Waals surface area contributed by atoms with Crippen molar-refractivity contribution >= 4 is 16.9 Å². The molecule has 1 aliphatic rings. The van der Waals surface area contributed by atoms with Crippen LogP contribution in [0.2, 0.25) is 0 Å². The first-order chi connectivity index (χ1) is 11.1. The number of aliphatic imine (C=N–C) groups is 1. The minimum atomic E-state index is -0.651. The Morgan fingerprint density at radius 3 is 2.61 bits per heavy atom. The summed E-state index contributed by atoms with van der Waals surface area (Å²) in [6.45, 7) is 0.373. The van der Waals surface area contributed by atoms with E-state index in [1.165, 1.54) is 24.4 Å². The van der Waals surface area contributed by atoms with Crippen molar-refractivity contribution in [3.8, 4) is 5.75 Å². The Morgan fingerprint density at radius 1 is 1.26 bits per heavy atom. The van der Waals surface area contributed by atoms with Gasteiger partial charge in [-0.15, -0.1) is 0 Å². The van der Waals surface area contributed by atoms with E-state index in [4.69, 9.17) is 15.2 Å². The van der Waals surface area contributed by atoms with Crippen molar-refractivity contribution in [3.05, 3.63) is 41.1 Å². The zero-order valence-corrected chi connectivity index (χ0v) is 13.8. The number of benzene rings is 1. The molecule has 0 atom stereocenters. The number of unbranched alkanes of at least 4 members (excludes halogenated alkanes) is 1. The van der Waals surface area contributed by atoms with E-state index >= 15 is 0 Å². The lowest BCUT2D eigenvalue weighted by atomic mass is 10.1. The van der Waals surface area contributed by atoms with Crippen LogP contribution in [0, 0.1) is 11.6 Å². The maximum atomic E-state index is 13.7. The highest BCUT2D eigenvalue weighted by atomic mass is 32.2. The summed E-state index contributed by atoms with van der Waals surface area (Å²) in [7, 11) is 1.37. The zero-order valence-electron chi connectivity index (χ0n) is 13.0. The average Bonchev–Trinajstić information content (AvgIpc) is 2.54. The Labute approximate surface area is 138 Å². The van der Waals surface area contributed by atoms with E-state index in [-0.39, 0.29) is 17.9 Å². The fraction of sp³-hybridized carbons (Fsp3) is 0.438. The summed E-state index contributed by atoms with van der Waals surface area (Å²) < 4.78 is 37.6. The molecule has 0 aliphatic carbocycles. The SMILES string of the molecule is COc1cc(F)c(COCCCCC2=CN=C(N)SC2)c(F)c1. The third kappa shape index (κ3) is 5.51. The van der Waals surface area contributed by atoms with Gasteiger partial charge in [0.25, 0.3) is 0 Å². The Kier molecular flexibility index (Phi) is 6.85. The van der Waals surface area contributed by atoms with E-state index in [2.05, 4.69) is 4.99 Å². The standard InChI is InChI=1S/C16H20F2N2O2S/c1-21-12-6-14(17)13(15(18)7-12)9-22-5-3-2-4-11-8-20-16(19)23-10-11/h6-8H,2-5,9-10H2,1H3,(H2,19,20). The first-order valence-electron chi connectivity index (χ1n) is 7.34. The van der Waals surface area contributed by atoms with Crippen LogP contribution in [0.3, 0.4) is 0 Å². The van der Waals surface area contributed by atoms with Gasteiger partial charge >= 0.3 is 0 Å². The van der Waals surface area contributed by atoms with Gasteiger partial charge in [-0.2, -0.15) is 0 Å². The van der Waals surface area contributed by atoms with E-state index in [0.29, 0.717) is 11.8 Å². The number of amidine groups is 1. The quantitative estimate of drug-likeness (QED) is 0.733. The van der Waals surface area contributed by atoms with E-state index in [0.717, 1.165) is 37.1 Å². The molecule has 1 aromatic carbocycles. The van der Waals surface area contributed by atoms with Gasteiger partial charge in [0.2, 0.25) is 0 Å². The van der Waals surface area contributed by atoms with Crippen molar-refractivity contribution in [2.75, 3.05) is 19.5 Å². The van der Waals surface area contributed by atoms with Crippen LogP contribution in [-0.2, 0) is 11.3 Å². The van der Waals surface area contributed by atoms with Gasteiger partial charge in [-0.05, 0) is 24.8 Å². The molecule has 7 heteroatoms. The number of nitrogens with zero attached hydrogens (tertiary/aromatic N) is 1. The van der Waals surface area contributed by atoms with Crippen molar-refractivity contribution in [1.82, 2.24) is 0 Å². The van der Waals surface area contributed by atoms with Gasteiger partial charge in [0.1, 0.15) is 17.4 Å². The smallest absolute Gasteiger partial charge is 0.158 e. The number of ether oxygens (including phenoxy) is 2. The Balaban J connectivity index is 1.68. The predicted octanol–water partition coefficient (Wildman–Crippen LogP) is 3.61. The highest BCUT2D eigenvalue weighted by Crippen LogP contribution is 2.22. The second-order valence-corrected chi connectivity index (χ2v) is 6.12. The summed E-state index contributed by atoms with van der Waals surface area (Å²) in [5.74, 6) is -0.271. The summed E-state index contributed by atoms with van der Waals surface area (Å²) in [4.78, 5) is 4.07. The first-order valence-corrected chi connectivity index (χ1v) is 8.32. The van der Waals surface area contributed by atoms with E-state index in [1.807, 2.05) is 6.20 Å². The van der Waals surface area contributed by atoms with Crippen molar-refractivity contribution < 1.29 is 18.3 Å². The van der Waals surface area contributed by atoms with Crippen molar-refractivity contribution in [3.63, 3.8) is 0 Å². The van der Waals surface area contributed by atoms with Crippen LogP contribution < -0.4 is 10.5 Å². The van der Waals surface area contributed by atoms with Gasteiger partial charge in [0.15, 0.2) is 5.17 Å². The summed E-state index contributed by atoms with van der Waals surface area (Å²) in [6.07, 6.45) is 4.50. The van der Waals surface area contributed by atoms with Crippen LogP contribution in [0.25, 0.3) is 0 Å². The molecule has 0 bridgehead atoms. The fourth-order valence-electron chi connectivity index (χ4n) is 2.10. The lowest BCUT2D eigenvalue weighted by Crippen LogP contribution is -2.10. The molecule has 126 valence electrons. The minimum Gasteiger partial charge on any atom is -0.497 e. The summed E-state index contributed by atoms with van der Waals surface area (Å²) >= 11 is 1.53. The Hall–Kier alpha value is -1.60. The summed E-state index contributed by atoms with van der Waals surface area (Å²) in [5, 5.41) is 0.598. The number of methoxy groups -OCH3 is 1. The molecule has 0 unspecified atom stereocenters. The molecule has 1 heterocycles. The molecule has 23 heavy (non-hydrogen) atoms. The number of rotatable bonds is 8. The average molecular weight is 342 g/mol. The third-order valence-electron chi connectivity index (χ3n) is 3.41. The van der Waals surface area contributed by atoms with E-state index in [9.17, 15) is 8.78 Å². The van der Waals surface area contributed by atoms with Gasteiger partial charge in [-0.1, -0.05) is 11.8 Å². The number of hydrogen-bond donors (Lipinski definition) is 1. The molecular formula is C16H20F2N2O2S. The molecule has 0 saturated carbocycles. The lowest BCUT2D eigenvalue weighted by molar-refractivity contribution is 0.112. The van der Waals surface area contributed by atoms with Crippen LogP contribution in [0.5, 0.6) is 5.75 Å². The summed E-state index contributed by atoms with van der Waals surface area (Å²) in [6, 6.07) is 2.31. The highest BCUT2D eigenvalue weighted by Gasteiger charge is 2.12. The van der Waals surface area contributed by atoms with E-state index in [1.54, 1.807) is 0 Å². The number of thioether (sulfide) groups is 1. The van der Waals surface area contributed by atoms with Crippen LogP contribution in [0.4, 0.5) is 8.78 Å². The highest BCUT2D eigenvalue weighted by molar-refractivity contribution is 8.14. The number of nitrogens with two attached hydrogens (primary N) is 1. The predicted molar refractivity (Wildman–Crippen MR) is 88.6 cm³/mol. The molecule has 1 aliphatic heterocycles. The molecule has 0 aromatic heterocycles. The second kappa shape index (κ2) is 8.88. The number of hydrogen-bond acceptors (Lipinski definition) is 5. The summed E-state index contributed by atoms with van der Waals surface area (Å²) in [5.41, 5.74) is 6.75. The topological polar surface area (TPSA) is 56.8 Å². The maximum Gasteiger partial charge on any atom is 0.158 e. The second-order valence-electron chi connectivity index (χ2n) is 5.12. The van der Waals surface area contributed by atoms with Crippen LogP contribution >= 0.6 is 11.8 Å². The molecule has 2 N–H and O–H groups in total. The van der Waals surface area contributed by atoms with Crippen molar-refractivity contribution in [1.29, 1.82) is 0 Å². The van der Waals surface area contributed by atoms with Gasteiger partial charge in [0, 0.05) is 36.3 Å². The minimum absolute atomic E-state index is 0.0676. The normalized spacial score (nSPS) is 14.4. The lowest BCUT2D eigenvalue weighted by Gasteiger charge is -2.11. The molecule has 2 rings (SSSR count). The van der Waals surface area contributed by atoms with Crippen molar-refractivity contribution in [2.24, 2.45) is 10.7 Å². The van der Waals surface area contributed by atoms with Gasteiger partial charge < -0.3 is 15.2 Å². The van der Waals surface area contributed by atoms with Crippen LogP contribution in [0.15, 0.2) is 28.9 Å². The third-order valence-corrected chi connectivity index (χ3v) is 4.33. The maximum absolute atomic E-state index is 13.7. The zero-order chi connectivity index (χ0) is 16.7. The Morgan fingerprint density at radius 2 is 2.00 bits per heavy atom. The van der Waals surface area contributed by atoms with Gasteiger partial charge in [-0.25, -0.2) is 13.8 Å². The molecule has 0 fully saturated rings. The molecule has 4 nitrogen and oxygen atoms in total. The Bertz CT molecular complexity index is 583. The first kappa shape index (κ1) is 17.7. The fourth-order valence-corrected chi connectivity index (χ4v) is 2.78. The van der Waals surface area contributed by atoms with Crippen LogP contribution in [-0.4, -0.2) is 24.6 Å². The molecule has 0 spiro atoms. The van der Waals surface area contributed by atoms with E-state index < -0.39 is 11.6 Å². The van der Waals surface area contributed by atoms with Gasteiger partial charge in [-0.3, -0.25) is 0 Å². The molecule has 0 radical (unpaired) electrons. The number of halogens is 2. The van der Waals surface area contributed by atoms with Gasteiger partial charge in [0.05, 0.1) is 13.7 Å². The monoisotopic (exact) mass is 342 g/mol. The molecule has 1 aromatic rings. The largest absolute Gasteiger partial charge is 0.497 e.